The number of carbonyl (C=O) groups is 2. The molecule has 3 rings (SSSR count). The van der Waals surface area contributed by atoms with Gasteiger partial charge in [0.05, 0.1) is 12.0 Å². The number of nitrogens with one attached hydrogen (secondary N) is 1. The van der Waals surface area contributed by atoms with Gasteiger partial charge in [-0.25, -0.2) is 4.98 Å². The Bertz CT molecular complexity index is 628. The van der Waals surface area contributed by atoms with Gasteiger partial charge in [0, 0.05) is 25.3 Å². The van der Waals surface area contributed by atoms with Crippen LogP contribution in [0.5, 0.6) is 0 Å². The average molecular weight is 344 g/mol. The van der Waals surface area contributed by atoms with Crippen LogP contribution in [0.1, 0.15) is 38.3 Å². The molecular weight excluding hydrogens is 316 g/mol. The summed E-state index contributed by atoms with van der Waals surface area (Å²) in [6.07, 6.45) is 4.01. The number of pyridine rings is 1. The number of hydrogen-bond donors (Lipinski definition) is 1. The topological polar surface area (TPSA) is 65.5 Å². The van der Waals surface area contributed by atoms with Crippen molar-refractivity contribution < 1.29 is 9.59 Å². The van der Waals surface area contributed by atoms with Crippen LogP contribution in [0.2, 0.25) is 0 Å². The number of carbonyl (C=O) groups excluding carboxylic acids is 2. The monoisotopic (exact) mass is 344 g/mol. The molecule has 2 amide bonds. The first-order valence-electron chi connectivity index (χ1n) is 9.32. The van der Waals surface area contributed by atoms with E-state index in [1.54, 1.807) is 0 Å². The predicted octanol–water partition coefficient (Wildman–Crippen LogP) is 2.05. The SMILES string of the molecule is Cc1cccc(NC(=O)[C@H]2CCCN([C@H](C)C(=O)N3CCCC3)C2)n1. The zero-order chi connectivity index (χ0) is 17.8. The van der Waals surface area contributed by atoms with E-state index in [4.69, 9.17) is 0 Å². The first-order chi connectivity index (χ1) is 12.0. The molecule has 1 aromatic rings. The molecule has 2 aliphatic heterocycles. The summed E-state index contributed by atoms with van der Waals surface area (Å²) >= 11 is 0. The van der Waals surface area contributed by atoms with Gasteiger partial charge in [-0.3, -0.25) is 14.5 Å². The number of amides is 2. The molecule has 2 fully saturated rings. The van der Waals surface area contributed by atoms with Crippen molar-refractivity contribution in [2.45, 2.75) is 45.6 Å². The predicted molar refractivity (Wildman–Crippen MR) is 97.2 cm³/mol. The Morgan fingerprint density at radius 1 is 1.20 bits per heavy atom. The van der Waals surface area contributed by atoms with Crippen LogP contribution < -0.4 is 5.32 Å². The Morgan fingerprint density at radius 3 is 2.68 bits per heavy atom. The van der Waals surface area contributed by atoms with Crippen LogP contribution in [0.25, 0.3) is 0 Å². The quantitative estimate of drug-likeness (QED) is 0.908. The zero-order valence-electron chi connectivity index (χ0n) is 15.2. The minimum atomic E-state index is -0.147. The first-order valence-corrected chi connectivity index (χ1v) is 9.32. The van der Waals surface area contributed by atoms with Gasteiger partial charge in [0.25, 0.3) is 0 Å². The van der Waals surface area contributed by atoms with E-state index in [1.807, 2.05) is 36.9 Å². The minimum Gasteiger partial charge on any atom is -0.341 e. The van der Waals surface area contributed by atoms with Crippen LogP contribution in [-0.4, -0.2) is 58.8 Å². The fourth-order valence-electron chi connectivity index (χ4n) is 3.77. The Kier molecular flexibility index (Phi) is 5.68. The van der Waals surface area contributed by atoms with Crippen molar-refractivity contribution in [1.29, 1.82) is 0 Å². The molecule has 0 bridgehead atoms. The third-order valence-electron chi connectivity index (χ3n) is 5.29. The molecule has 2 atom stereocenters. The summed E-state index contributed by atoms with van der Waals surface area (Å²) in [7, 11) is 0. The third-order valence-corrected chi connectivity index (χ3v) is 5.29. The molecule has 0 saturated carbocycles. The molecule has 6 heteroatoms. The third kappa shape index (κ3) is 4.37. The highest BCUT2D eigenvalue weighted by Crippen LogP contribution is 2.22. The van der Waals surface area contributed by atoms with Gasteiger partial charge in [-0.1, -0.05) is 6.07 Å². The molecule has 1 aromatic heterocycles. The van der Waals surface area contributed by atoms with Gasteiger partial charge in [-0.2, -0.15) is 0 Å². The lowest BCUT2D eigenvalue weighted by atomic mass is 9.95. The maximum Gasteiger partial charge on any atom is 0.239 e. The molecule has 3 heterocycles. The highest BCUT2D eigenvalue weighted by atomic mass is 16.2. The van der Waals surface area contributed by atoms with Crippen molar-refractivity contribution >= 4 is 17.6 Å². The summed E-state index contributed by atoms with van der Waals surface area (Å²) in [5.74, 6) is 0.718. The average Bonchev–Trinajstić information content (AvgIpc) is 3.15. The smallest absolute Gasteiger partial charge is 0.239 e. The molecule has 1 N–H and O–H groups in total. The second-order valence-corrected chi connectivity index (χ2v) is 7.20. The van der Waals surface area contributed by atoms with Crippen molar-refractivity contribution in [2.24, 2.45) is 5.92 Å². The number of aryl methyl sites for hydroxylation is 1. The fourth-order valence-corrected chi connectivity index (χ4v) is 3.77. The number of rotatable bonds is 4. The second-order valence-electron chi connectivity index (χ2n) is 7.20. The van der Waals surface area contributed by atoms with E-state index < -0.39 is 0 Å². The van der Waals surface area contributed by atoms with Gasteiger partial charge >= 0.3 is 0 Å². The van der Waals surface area contributed by atoms with Crippen LogP contribution in [0.4, 0.5) is 5.82 Å². The van der Waals surface area contributed by atoms with E-state index in [1.165, 1.54) is 0 Å². The molecule has 136 valence electrons. The standard InChI is InChI=1S/C19H28N4O2/c1-14-7-5-9-17(20-14)21-18(24)16-8-6-12-23(13-16)15(2)19(25)22-10-3-4-11-22/h5,7,9,15-16H,3-4,6,8,10-13H2,1-2H3,(H,20,21,24)/t15-,16+/m1/s1. The van der Waals surface area contributed by atoms with E-state index in [0.29, 0.717) is 12.4 Å². The molecule has 0 spiro atoms. The summed E-state index contributed by atoms with van der Waals surface area (Å²) in [6, 6.07) is 5.46. The first kappa shape index (κ1) is 17.9. The van der Waals surface area contributed by atoms with Gasteiger partial charge in [0.1, 0.15) is 5.82 Å². The summed E-state index contributed by atoms with van der Waals surface area (Å²) in [5.41, 5.74) is 0.882. The summed E-state index contributed by atoms with van der Waals surface area (Å²) in [5, 5.41) is 2.92. The number of nitrogens with zero attached hydrogens (tertiary/aromatic N) is 3. The maximum absolute atomic E-state index is 12.6. The molecule has 25 heavy (non-hydrogen) atoms. The number of piperidine rings is 1. The molecule has 0 aliphatic carbocycles. The maximum atomic E-state index is 12.6. The van der Waals surface area contributed by atoms with E-state index in [2.05, 4.69) is 15.2 Å². The number of hydrogen-bond acceptors (Lipinski definition) is 4. The van der Waals surface area contributed by atoms with Gasteiger partial charge in [-0.15, -0.1) is 0 Å². The lowest BCUT2D eigenvalue weighted by Crippen LogP contribution is -2.51. The summed E-state index contributed by atoms with van der Waals surface area (Å²) in [6.45, 7) is 7.15. The molecule has 0 radical (unpaired) electrons. The molecule has 0 unspecified atom stereocenters. The van der Waals surface area contributed by atoms with Crippen LogP contribution in [0, 0.1) is 12.8 Å². The summed E-state index contributed by atoms with van der Waals surface area (Å²) < 4.78 is 0. The fraction of sp³-hybridized carbons (Fsp3) is 0.632. The Hall–Kier alpha value is -1.95. The highest BCUT2D eigenvalue weighted by Gasteiger charge is 2.33. The Morgan fingerprint density at radius 2 is 1.96 bits per heavy atom. The van der Waals surface area contributed by atoms with E-state index >= 15 is 0 Å². The molecular formula is C19H28N4O2. The second kappa shape index (κ2) is 7.95. The van der Waals surface area contributed by atoms with Crippen LogP contribution in [0.15, 0.2) is 18.2 Å². The minimum absolute atomic E-state index is 0.00335. The molecule has 2 saturated heterocycles. The number of aromatic nitrogens is 1. The molecule has 2 aliphatic rings. The lowest BCUT2D eigenvalue weighted by molar-refractivity contribution is -0.137. The van der Waals surface area contributed by atoms with Gasteiger partial charge < -0.3 is 10.2 Å². The van der Waals surface area contributed by atoms with Crippen molar-refractivity contribution in [3.63, 3.8) is 0 Å². The van der Waals surface area contributed by atoms with E-state index in [9.17, 15) is 9.59 Å². The van der Waals surface area contributed by atoms with Crippen molar-refractivity contribution in [2.75, 3.05) is 31.5 Å². The van der Waals surface area contributed by atoms with Crippen LogP contribution >= 0.6 is 0 Å². The lowest BCUT2D eigenvalue weighted by Gasteiger charge is -2.36. The molecule has 0 aromatic carbocycles. The normalized spacial score (nSPS) is 22.6. The number of likely N-dealkylation sites (tertiary alicyclic amines) is 2. The largest absolute Gasteiger partial charge is 0.341 e. The summed E-state index contributed by atoms with van der Waals surface area (Å²) in [4.78, 5) is 33.7. The van der Waals surface area contributed by atoms with Crippen molar-refractivity contribution in [3.05, 3.63) is 23.9 Å². The zero-order valence-corrected chi connectivity index (χ0v) is 15.2. The van der Waals surface area contributed by atoms with Crippen molar-refractivity contribution in [1.82, 2.24) is 14.8 Å². The van der Waals surface area contributed by atoms with Crippen LogP contribution in [0.3, 0.4) is 0 Å². The van der Waals surface area contributed by atoms with Gasteiger partial charge in [0.15, 0.2) is 0 Å². The van der Waals surface area contributed by atoms with E-state index in [0.717, 1.165) is 51.0 Å². The van der Waals surface area contributed by atoms with Crippen LogP contribution in [-0.2, 0) is 9.59 Å². The highest BCUT2D eigenvalue weighted by molar-refractivity contribution is 5.92. The Labute approximate surface area is 149 Å². The number of anilines is 1. The van der Waals surface area contributed by atoms with E-state index in [-0.39, 0.29) is 23.8 Å². The molecule has 6 nitrogen and oxygen atoms in total. The van der Waals surface area contributed by atoms with Gasteiger partial charge in [-0.05, 0) is 58.2 Å². The Balaban J connectivity index is 1.58. The van der Waals surface area contributed by atoms with Crippen molar-refractivity contribution in [3.8, 4) is 0 Å². The van der Waals surface area contributed by atoms with Gasteiger partial charge in [0.2, 0.25) is 11.8 Å².